The Morgan fingerprint density at radius 2 is 1.55 bits per heavy atom. The van der Waals surface area contributed by atoms with E-state index >= 15 is 0 Å². The summed E-state index contributed by atoms with van der Waals surface area (Å²) in [5.74, 6) is -1.62. The molecule has 44 heavy (non-hydrogen) atoms. The molecule has 0 aliphatic rings. The van der Waals surface area contributed by atoms with Crippen LogP contribution in [0.25, 0.3) is 0 Å². The summed E-state index contributed by atoms with van der Waals surface area (Å²) in [5, 5.41) is 64.2. The number of hydrogen-bond acceptors (Lipinski definition) is 10. The SMILES string of the molecule is CCC(C)(CC(C)(C)C(=O)NCNC(Cc1ccc(B(O)O)cc1)C(=O)O)C(=O)NCC(C)O.O=[N+]([O-])c1ccc(O)cc1. The quantitative estimate of drug-likeness (QED) is 0.0598. The number of carbonyl (C=O) groups is 3. The summed E-state index contributed by atoms with van der Waals surface area (Å²) in [6.45, 7) is 8.72. The van der Waals surface area contributed by atoms with Crippen LogP contribution in [0, 0.1) is 20.9 Å². The number of aliphatic carboxylic acids is 1. The number of benzene rings is 2. The fraction of sp³-hybridized carbons (Fsp3) is 0.483. The van der Waals surface area contributed by atoms with Crippen LogP contribution in [0.4, 0.5) is 5.69 Å². The second-order valence-electron chi connectivity index (χ2n) is 11.4. The molecule has 2 rings (SSSR count). The first-order chi connectivity index (χ1) is 20.4. The highest BCUT2D eigenvalue weighted by Crippen LogP contribution is 2.37. The monoisotopic (exact) mass is 618 g/mol. The second kappa shape index (κ2) is 17.3. The molecule has 0 aliphatic heterocycles. The first kappa shape index (κ1) is 38.0. The zero-order chi connectivity index (χ0) is 33.7. The lowest BCUT2D eigenvalue weighted by Gasteiger charge is -2.35. The summed E-state index contributed by atoms with van der Waals surface area (Å²) >= 11 is 0. The maximum atomic E-state index is 12.8. The van der Waals surface area contributed by atoms with Crippen LogP contribution >= 0.6 is 0 Å². The Morgan fingerprint density at radius 1 is 0.977 bits per heavy atom. The van der Waals surface area contributed by atoms with Crippen molar-refractivity contribution in [2.24, 2.45) is 10.8 Å². The molecule has 3 unspecified atom stereocenters. The summed E-state index contributed by atoms with van der Waals surface area (Å²) in [4.78, 5) is 46.7. The number of phenols is 1. The fourth-order valence-corrected chi connectivity index (χ4v) is 4.25. The summed E-state index contributed by atoms with van der Waals surface area (Å²) in [7, 11) is -1.60. The molecule has 242 valence electrons. The number of carboxylic acid groups (broad SMARTS) is 1. The maximum Gasteiger partial charge on any atom is 0.488 e. The number of carbonyl (C=O) groups excluding carboxylic acids is 2. The Balaban J connectivity index is 0.000000813. The van der Waals surface area contributed by atoms with Gasteiger partial charge in [-0.2, -0.15) is 0 Å². The molecule has 0 aromatic heterocycles. The molecule has 2 aromatic carbocycles. The number of aromatic hydroxyl groups is 1. The van der Waals surface area contributed by atoms with Gasteiger partial charge in [0.1, 0.15) is 11.8 Å². The van der Waals surface area contributed by atoms with Crippen molar-refractivity contribution >= 4 is 36.1 Å². The van der Waals surface area contributed by atoms with Crippen LogP contribution in [0.2, 0.25) is 0 Å². The molecule has 3 atom stereocenters. The molecule has 0 saturated carbocycles. The highest BCUT2D eigenvalue weighted by Gasteiger charge is 2.40. The Morgan fingerprint density at radius 3 is 2.00 bits per heavy atom. The van der Waals surface area contributed by atoms with Gasteiger partial charge in [-0.3, -0.25) is 29.8 Å². The minimum absolute atomic E-state index is 0.0159. The number of hydrogen-bond donors (Lipinski definition) is 8. The highest BCUT2D eigenvalue weighted by atomic mass is 16.6. The molecule has 2 aromatic rings. The number of aliphatic hydroxyl groups is 1. The van der Waals surface area contributed by atoms with Crippen molar-refractivity contribution in [3.8, 4) is 5.75 Å². The predicted molar refractivity (Wildman–Crippen MR) is 164 cm³/mol. The Kier molecular flexibility index (Phi) is 14.9. The summed E-state index contributed by atoms with van der Waals surface area (Å²) < 4.78 is 0. The first-order valence-electron chi connectivity index (χ1n) is 14.0. The Hall–Kier alpha value is -4.05. The Bertz CT molecular complexity index is 1240. The largest absolute Gasteiger partial charge is 0.508 e. The summed E-state index contributed by atoms with van der Waals surface area (Å²) in [6.07, 6.45) is 0.224. The van der Waals surface area contributed by atoms with E-state index in [1.54, 1.807) is 39.8 Å². The molecule has 0 bridgehead atoms. The lowest BCUT2D eigenvalue weighted by molar-refractivity contribution is -0.384. The van der Waals surface area contributed by atoms with Crippen molar-refractivity contribution in [1.82, 2.24) is 16.0 Å². The van der Waals surface area contributed by atoms with Crippen molar-refractivity contribution < 1.29 is 44.7 Å². The van der Waals surface area contributed by atoms with Gasteiger partial charge in [-0.1, -0.05) is 52.0 Å². The average molecular weight is 618 g/mol. The van der Waals surface area contributed by atoms with Gasteiger partial charge in [0.25, 0.3) is 5.69 Å². The number of nitro groups is 1. The standard InChI is InChI=1S/C23H38BN3O7.C6H5NO3/c1-6-23(5,21(32)25-12-15(2)28)13-22(3,4)20(31)27-14-26-18(19(29)30)11-16-7-9-17(10-8-16)24(33)34;8-6-3-1-5(2-4-6)7(9)10/h7-10,15,18,26,28,33-34H,6,11-14H2,1-5H3,(H,25,32)(H,27,31)(H,29,30);1-4,8H. The highest BCUT2D eigenvalue weighted by molar-refractivity contribution is 6.58. The van der Waals surface area contributed by atoms with E-state index in [0.29, 0.717) is 17.4 Å². The average Bonchev–Trinajstić information content (AvgIpc) is 2.95. The van der Waals surface area contributed by atoms with Gasteiger partial charge in [-0.25, -0.2) is 0 Å². The van der Waals surface area contributed by atoms with Gasteiger partial charge in [0.2, 0.25) is 11.8 Å². The van der Waals surface area contributed by atoms with Gasteiger partial charge >= 0.3 is 13.1 Å². The maximum absolute atomic E-state index is 12.8. The molecule has 2 amide bonds. The summed E-state index contributed by atoms with van der Waals surface area (Å²) in [6, 6.07) is 10.3. The number of nitrogens with one attached hydrogen (secondary N) is 3. The molecular formula is C29H43BN4O10. The smallest absolute Gasteiger partial charge is 0.488 e. The Labute approximate surface area is 256 Å². The molecule has 0 aliphatic carbocycles. The van der Waals surface area contributed by atoms with E-state index in [2.05, 4.69) is 16.0 Å². The van der Waals surface area contributed by atoms with Gasteiger partial charge < -0.3 is 36.0 Å². The minimum atomic E-state index is -1.60. The van der Waals surface area contributed by atoms with E-state index in [1.165, 1.54) is 36.4 Å². The van der Waals surface area contributed by atoms with E-state index in [4.69, 9.17) is 15.2 Å². The second-order valence-corrected chi connectivity index (χ2v) is 11.4. The number of nitrogens with zero attached hydrogens (tertiary/aromatic N) is 1. The van der Waals surface area contributed by atoms with Crippen molar-refractivity contribution in [3.05, 3.63) is 64.2 Å². The van der Waals surface area contributed by atoms with Crippen LogP contribution in [0.1, 0.15) is 53.0 Å². The third-order valence-electron chi connectivity index (χ3n) is 7.01. The molecular weight excluding hydrogens is 575 g/mol. The fourth-order valence-electron chi connectivity index (χ4n) is 4.25. The molecule has 15 heteroatoms. The van der Waals surface area contributed by atoms with Gasteiger partial charge in [-0.05, 0) is 49.3 Å². The zero-order valence-corrected chi connectivity index (χ0v) is 25.6. The molecule has 0 fully saturated rings. The van der Waals surface area contributed by atoms with Crippen LogP contribution in [0.5, 0.6) is 5.75 Å². The molecule has 0 heterocycles. The number of non-ortho nitro benzene ring substituents is 1. The van der Waals surface area contributed by atoms with Gasteiger partial charge in [0.05, 0.1) is 17.7 Å². The molecule has 0 saturated heterocycles. The predicted octanol–water partition coefficient (Wildman–Crippen LogP) is 0.655. The molecule has 8 N–H and O–H groups in total. The number of aliphatic hydroxyl groups excluding tert-OH is 1. The van der Waals surface area contributed by atoms with E-state index in [-0.39, 0.29) is 49.3 Å². The third kappa shape index (κ3) is 12.7. The normalized spacial score (nSPS) is 13.7. The van der Waals surface area contributed by atoms with E-state index in [1.807, 2.05) is 6.92 Å². The summed E-state index contributed by atoms with van der Waals surface area (Å²) in [5.41, 5.74) is -0.762. The van der Waals surface area contributed by atoms with E-state index < -0.39 is 41.0 Å². The topological polar surface area (TPSA) is 232 Å². The molecule has 0 spiro atoms. The van der Waals surface area contributed by atoms with Gasteiger partial charge in [0, 0.05) is 29.5 Å². The van der Waals surface area contributed by atoms with E-state index in [9.17, 15) is 34.7 Å². The zero-order valence-electron chi connectivity index (χ0n) is 25.6. The number of phenolic OH excluding ortho intramolecular Hbond substituents is 1. The lowest BCUT2D eigenvalue weighted by Crippen LogP contribution is -2.50. The van der Waals surface area contributed by atoms with Crippen LogP contribution < -0.4 is 21.4 Å². The van der Waals surface area contributed by atoms with E-state index in [0.717, 1.165) is 0 Å². The van der Waals surface area contributed by atoms with Crippen molar-refractivity contribution in [2.45, 2.75) is 66.0 Å². The van der Waals surface area contributed by atoms with Crippen molar-refractivity contribution in [3.63, 3.8) is 0 Å². The number of amides is 2. The van der Waals surface area contributed by atoms with Crippen LogP contribution in [0.3, 0.4) is 0 Å². The molecule has 0 radical (unpaired) electrons. The van der Waals surface area contributed by atoms with Crippen LogP contribution in [0.15, 0.2) is 48.5 Å². The minimum Gasteiger partial charge on any atom is -0.508 e. The number of carboxylic acids is 1. The third-order valence-corrected chi connectivity index (χ3v) is 7.01. The van der Waals surface area contributed by atoms with Gasteiger partial charge in [-0.15, -0.1) is 0 Å². The first-order valence-corrected chi connectivity index (χ1v) is 14.0. The van der Waals surface area contributed by atoms with Crippen LogP contribution in [-0.4, -0.2) is 80.6 Å². The van der Waals surface area contributed by atoms with Crippen molar-refractivity contribution in [1.29, 1.82) is 0 Å². The number of rotatable bonds is 15. The van der Waals surface area contributed by atoms with Crippen molar-refractivity contribution in [2.75, 3.05) is 13.2 Å². The van der Waals surface area contributed by atoms with Gasteiger partial charge in [0.15, 0.2) is 0 Å². The van der Waals surface area contributed by atoms with Crippen LogP contribution in [-0.2, 0) is 20.8 Å². The number of nitro benzene ring substituents is 1. The lowest BCUT2D eigenvalue weighted by atomic mass is 9.71. The molecule has 14 nitrogen and oxygen atoms in total.